The normalized spacial score (nSPS) is 15.2. The van der Waals surface area contributed by atoms with Crippen LogP contribution in [0.25, 0.3) is 10.9 Å². The lowest BCUT2D eigenvalue weighted by atomic mass is 9.96. The van der Waals surface area contributed by atoms with Gasteiger partial charge in [0.1, 0.15) is 0 Å². The molecule has 138 valence electrons. The van der Waals surface area contributed by atoms with Gasteiger partial charge in [-0.05, 0) is 37.0 Å². The van der Waals surface area contributed by atoms with Crippen molar-refractivity contribution in [2.45, 2.75) is 19.4 Å². The van der Waals surface area contributed by atoms with Gasteiger partial charge in [0.15, 0.2) is 5.82 Å². The Bertz CT molecular complexity index is 1040. The molecule has 0 bridgehead atoms. The molecular weight excluding hydrogens is 347 g/mol. The number of fused-ring (bicyclic) bond motifs is 1. The number of carbonyl (C=O) groups excluding carboxylic acids is 1. The fraction of sp³-hybridized carbons (Fsp3) is 0.300. The Morgan fingerprint density at radius 1 is 1.19 bits per heavy atom. The fourth-order valence-electron chi connectivity index (χ4n) is 3.55. The molecule has 0 radical (unpaired) electrons. The van der Waals surface area contributed by atoms with Crippen molar-refractivity contribution in [3.05, 3.63) is 70.8 Å². The first-order chi connectivity index (χ1) is 13.1. The van der Waals surface area contributed by atoms with E-state index in [4.69, 9.17) is 0 Å². The third-order valence-corrected chi connectivity index (χ3v) is 5.09. The first-order valence-corrected chi connectivity index (χ1v) is 8.96. The molecule has 1 aliphatic rings. The Kier molecular flexibility index (Phi) is 4.66. The molecule has 0 unspecified atom stereocenters. The minimum Gasteiger partial charge on any atom is -0.339 e. The third kappa shape index (κ3) is 3.45. The van der Waals surface area contributed by atoms with Crippen LogP contribution in [-0.2, 0) is 6.54 Å². The fourth-order valence-corrected chi connectivity index (χ4v) is 3.55. The molecule has 2 aromatic heterocycles. The van der Waals surface area contributed by atoms with Gasteiger partial charge in [-0.3, -0.25) is 19.1 Å². The van der Waals surface area contributed by atoms with Crippen LogP contribution in [0.15, 0.2) is 53.8 Å². The molecule has 0 atom stereocenters. The van der Waals surface area contributed by atoms with Gasteiger partial charge in [-0.25, -0.2) is 9.37 Å². The molecule has 4 rings (SSSR count). The second-order valence-corrected chi connectivity index (χ2v) is 6.81. The lowest BCUT2D eigenvalue weighted by molar-refractivity contribution is 0.0677. The maximum atomic E-state index is 13.8. The maximum absolute atomic E-state index is 13.8. The van der Waals surface area contributed by atoms with Crippen LogP contribution in [0.2, 0.25) is 0 Å². The summed E-state index contributed by atoms with van der Waals surface area (Å²) >= 11 is 0. The molecule has 27 heavy (non-hydrogen) atoms. The minimum atomic E-state index is -0.599. The van der Waals surface area contributed by atoms with Gasteiger partial charge in [0.05, 0.1) is 29.0 Å². The highest BCUT2D eigenvalue weighted by atomic mass is 19.1. The molecular formula is C20H19FN4O2. The van der Waals surface area contributed by atoms with E-state index in [0.29, 0.717) is 30.5 Å². The first-order valence-electron chi connectivity index (χ1n) is 8.96. The highest BCUT2D eigenvalue weighted by Gasteiger charge is 2.25. The van der Waals surface area contributed by atoms with Crippen molar-refractivity contribution in [2.75, 3.05) is 13.1 Å². The zero-order valence-corrected chi connectivity index (χ0v) is 14.7. The maximum Gasteiger partial charge on any atom is 0.261 e. The first kappa shape index (κ1) is 17.3. The Labute approximate surface area is 155 Å². The van der Waals surface area contributed by atoms with Crippen molar-refractivity contribution in [3.8, 4) is 0 Å². The van der Waals surface area contributed by atoms with Crippen molar-refractivity contribution < 1.29 is 9.18 Å². The number of hydrogen-bond donors (Lipinski definition) is 0. The summed E-state index contributed by atoms with van der Waals surface area (Å²) in [6.45, 7) is 1.66. The zero-order valence-electron chi connectivity index (χ0n) is 14.7. The number of piperidine rings is 1. The lowest BCUT2D eigenvalue weighted by Gasteiger charge is -2.32. The molecule has 3 heterocycles. The lowest BCUT2D eigenvalue weighted by Crippen LogP contribution is -2.40. The van der Waals surface area contributed by atoms with Crippen LogP contribution in [0.1, 0.15) is 23.2 Å². The standard InChI is InChI=1S/C20H19FN4O2/c21-17-11-22-8-5-15(17)19(26)24-9-6-14(7-10-24)12-25-13-23-18-4-2-1-3-16(18)20(25)27/h1-5,8,11,13-14H,6-7,9-10,12H2. The van der Waals surface area contributed by atoms with E-state index in [-0.39, 0.29) is 22.9 Å². The number of aromatic nitrogens is 3. The van der Waals surface area contributed by atoms with E-state index >= 15 is 0 Å². The molecule has 1 saturated heterocycles. The molecule has 0 saturated carbocycles. The van der Waals surface area contributed by atoms with Gasteiger partial charge >= 0.3 is 0 Å². The minimum absolute atomic E-state index is 0.0436. The summed E-state index contributed by atoms with van der Waals surface area (Å²) in [5.74, 6) is -0.631. The van der Waals surface area contributed by atoms with Crippen LogP contribution in [-0.4, -0.2) is 38.4 Å². The van der Waals surface area contributed by atoms with Crippen LogP contribution in [0.4, 0.5) is 4.39 Å². The predicted octanol–water partition coefficient (Wildman–Crippen LogP) is 2.48. The summed E-state index contributed by atoms with van der Waals surface area (Å²) in [7, 11) is 0. The monoisotopic (exact) mass is 366 g/mol. The Morgan fingerprint density at radius 3 is 2.74 bits per heavy atom. The molecule has 0 N–H and O–H groups in total. The SMILES string of the molecule is O=C(c1ccncc1F)N1CCC(Cn2cnc3ccccc3c2=O)CC1. The average molecular weight is 366 g/mol. The number of hydrogen-bond acceptors (Lipinski definition) is 4. The van der Waals surface area contributed by atoms with E-state index in [1.807, 2.05) is 18.2 Å². The molecule has 0 spiro atoms. The molecule has 1 aliphatic heterocycles. The number of carbonyl (C=O) groups is 1. The number of likely N-dealkylation sites (tertiary alicyclic amines) is 1. The summed E-state index contributed by atoms with van der Waals surface area (Å²) < 4.78 is 15.4. The van der Waals surface area contributed by atoms with Gasteiger partial charge in [-0.2, -0.15) is 0 Å². The van der Waals surface area contributed by atoms with Crippen molar-refractivity contribution >= 4 is 16.8 Å². The molecule has 1 amide bonds. The summed E-state index contributed by atoms with van der Waals surface area (Å²) in [4.78, 5) is 34.8. The average Bonchev–Trinajstić information content (AvgIpc) is 2.71. The third-order valence-electron chi connectivity index (χ3n) is 5.09. The van der Waals surface area contributed by atoms with Gasteiger partial charge in [0.25, 0.3) is 11.5 Å². The van der Waals surface area contributed by atoms with E-state index in [9.17, 15) is 14.0 Å². The second-order valence-electron chi connectivity index (χ2n) is 6.81. The van der Waals surface area contributed by atoms with E-state index in [1.54, 1.807) is 21.9 Å². The Morgan fingerprint density at radius 2 is 1.96 bits per heavy atom. The highest BCUT2D eigenvalue weighted by Crippen LogP contribution is 2.21. The number of para-hydroxylation sites is 1. The number of benzene rings is 1. The van der Waals surface area contributed by atoms with E-state index in [0.717, 1.165) is 19.0 Å². The molecule has 6 nitrogen and oxygen atoms in total. The summed E-state index contributed by atoms with van der Waals surface area (Å²) in [6.07, 6.45) is 5.59. The zero-order chi connectivity index (χ0) is 18.8. The smallest absolute Gasteiger partial charge is 0.261 e. The number of rotatable bonds is 3. The number of halogens is 1. The van der Waals surface area contributed by atoms with Crippen molar-refractivity contribution in [1.29, 1.82) is 0 Å². The topological polar surface area (TPSA) is 68.1 Å². The highest BCUT2D eigenvalue weighted by molar-refractivity contribution is 5.94. The van der Waals surface area contributed by atoms with Crippen LogP contribution in [0.5, 0.6) is 0 Å². The molecule has 3 aromatic rings. The van der Waals surface area contributed by atoms with Crippen molar-refractivity contribution in [1.82, 2.24) is 19.4 Å². The van der Waals surface area contributed by atoms with Crippen LogP contribution in [0, 0.1) is 11.7 Å². The van der Waals surface area contributed by atoms with Crippen LogP contribution < -0.4 is 5.56 Å². The number of amides is 1. The van der Waals surface area contributed by atoms with Crippen LogP contribution in [0.3, 0.4) is 0 Å². The summed E-state index contributed by atoms with van der Waals surface area (Å²) in [6, 6.07) is 8.70. The van der Waals surface area contributed by atoms with Gasteiger partial charge in [-0.15, -0.1) is 0 Å². The molecule has 7 heteroatoms. The van der Waals surface area contributed by atoms with Crippen molar-refractivity contribution in [3.63, 3.8) is 0 Å². The molecule has 1 aromatic carbocycles. The predicted molar refractivity (Wildman–Crippen MR) is 98.8 cm³/mol. The number of nitrogens with zero attached hydrogens (tertiary/aromatic N) is 4. The van der Waals surface area contributed by atoms with Gasteiger partial charge in [-0.1, -0.05) is 12.1 Å². The Hall–Kier alpha value is -3.09. The quantitative estimate of drug-likeness (QED) is 0.714. The van der Waals surface area contributed by atoms with Gasteiger partial charge in [0, 0.05) is 25.8 Å². The largest absolute Gasteiger partial charge is 0.339 e. The van der Waals surface area contributed by atoms with Crippen molar-refractivity contribution in [2.24, 2.45) is 5.92 Å². The van der Waals surface area contributed by atoms with E-state index < -0.39 is 5.82 Å². The van der Waals surface area contributed by atoms with E-state index in [1.165, 1.54) is 12.3 Å². The summed E-state index contributed by atoms with van der Waals surface area (Å²) in [5.41, 5.74) is 0.704. The molecule has 0 aliphatic carbocycles. The summed E-state index contributed by atoms with van der Waals surface area (Å²) in [5, 5.41) is 0.612. The number of pyridine rings is 1. The Balaban J connectivity index is 1.43. The second kappa shape index (κ2) is 7.26. The van der Waals surface area contributed by atoms with E-state index in [2.05, 4.69) is 9.97 Å². The van der Waals surface area contributed by atoms with Gasteiger partial charge in [0.2, 0.25) is 0 Å². The van der Waals surface area contributed by atoms with Crippen LogP contribution >= 0.6 is 0 Å². The molecule has 1 fully saturated rings. The van der Waals surface area contributed by atoms with Gasteiger partial charge < -0.3 is 4.90 Å².